The zero-order valence-electron chi connectivity index (χ0n) is 12.1. The first-order valence-corrected chi connectivity index (χ1v) is 8.71. The molecule has 0 aliphatic heterocycles. The molecule has 0 bridgehead atoms. The number of aliphatic imine (C=N–C) groups is 1. The van der Waals surface area contributed by atoms with Gasteiger partial charge in [-0.3, -0.25) is 4.99 Å². The van der Waals surface area contributed by atoms with Crippen molar-refractivity contribution in [1.29, 1.82) is 0 Å². The number of hydrogen-bond donors (Lipinski definition) is 2. The van der Waals surface area contributed by atoms with Crippen LogP contribution in [-0.4, -0.2) is 40.0 Å². The first kappa shape index (κ1) is 20.5. The number of nitrogens with zero attached hydrogens (tertiary/aromatic N) is 1. The van der Waals surface area contributed by atoms with Crippen LogP contribution in [0.1, 0.15) is 12.0 Å². The van der Waals surface area contributed by atoms with Crippen LogP contribution in [0.2, 0.25) is 5.02 Å². The van der Waals surface area contributed by atoms with E-state index in [4.69, 9.17) is 11.6 Å². The Balaban J connectivity index is 0.00000400. The molecule has 0 atom stereocenters. The van der Waals surface area contributed by atoms with Crippen molar-refractivity contribution in [3.63, 3.8) is 0 Å². The van der Waals surface area contributed by atoms with Gasteiger partial charge in [0.25, 0.3) is 0 Å². The van der Waals surface area contributed by atoms with Gasteiger partial charge in [0.2, 0.25) is 0 Å². The molecule has 0 aromatic heterocycles. The SMILES string of the molecule is CN=C(NCCCS(C)(=O)=O)NCc1cccc(Cl)c1.I. The van der Waals surface area contributed by atoms with E-state index in [1.807, 2.05) is 24.3 Å². The van der Waals surface area contributed by atoms with Gasteiger partial charge in [-0.25, -0.2) is 8.42 Å². The number of benzene rings is 1. The Hall–Kier alpha value is -0.540. The summed E-state index contributed by atoms with van der Waals surface area (Å²) in [7, 11) is -1.23. The van der Waals surface area contributed by atoms with Crippen LogP contribution in [0.5, 0.6) is 0 Å². The normalized spacial score (nSPS) is 11.7. The molecule has 1 aromatic rings. The molecular weight excluding hydrogens is 425 g/mol. The third-order valence-electron chi connectivity index (χ3n) is 2.56. The Morgan fingerprint density at radius 2 is 2.05 bits per heavy atom. The molecule has 21 heavy (non-hydrogen) atoms. The standard InChI is InChI=1S/C13H20ClN3O2S.HI/c1-15-13(16-7-4-8-20(2,18)19)17-10-11-5-3-6-12(14)9-11;/h3,5-6,9H,4,7-8,10H2,1-2H3,(H2,15,16,17);1H. The number of rotatable bonds is 6. The molecule has 0 spiro atoms. The lowest BCUT2D eigenvalue weighted by Gasteiger charge is -2.11. The lowest BCUT2D eigenvalue weighted by atomic mass is 10.2. The van der Waals surface area contributed by atoms with Gasteiger partial charge in [0.15, 0.2) is 5.96 Å². The molecule has 5 nitrogen and oxygen atoms in total. The van der Waals surface area contributed by atoms with E-state index in [0.29, 0.717) is 30.5 Å². The second-order valence-electron chi connectivity index (χ2n) is 4.47. The largest absolute Gasteiger partial charge is 0.356 e. The van der Waals surface area contributed by atoms with Crippen LogP contribution in [0.15, 0.2) is 29.3 Å². The van der Waals surface area contributed by atoms with Crippen LogP contribution in [0.4, 0.5) is 0 Å². The number of guanidine groups is 1. The molecule has 1 rings (SSSR count). The summed E-state index contributed by atoms with van der Waals surface area (Å²) in [6, 6.07) is 7.56. The molecule has 1 aromatic carbocycles. The maximum atomic E-state index is 11.0. The Morgan fingerprint density at radius 3 is 2.62 bits per heavy atom. The van der Waals surface area contributed by atoms with Crippen molar-refractivity contribution < 1.29 is 8.42 Å². The Morgan fingerprint density at radius 1 is 1.33 bits per heavy atom. The maximum absolute atomic E-state index is 11.0. The molecule has 0 heterocycles. The van der Waals surface area contributed by atoms with Crippen LogP contribution < -0.4 is 10.6 Å². The first-order chi connectivity index (χ1) is 9.40. The minimum absolute atomic E-state index is 0. The molecule has 0 amide bonds. The number of hydrogen-bond acceptors (Lipinski definition) is 3. The van der Waals surface area contributed by atoms with Gasteiger partial charge in [0, 0.05) is 31.4 Å². The van der Waals surface area contributed by atoms with Gasteiger partial charge in [-0.2, -0.15) is 0 Å². The van der Waals surface area contributed by atoms with E-state index in [1.54, 1.807) is 7.05 Å². The van der Waals surface area contributed by atoms with Gasteiger partial charge >= 0.3 is 0 Å². The Kier molecular flexibility index (Phi) is 9.97. The summed E-state index contributed by atoms with van der Waals surface area (Å²) in [5.41, 5.74) is 1.05. The molecule has 0 fully saturated rings. The van der Waals surface area contributed by atoms with Gasteiger partial charge in [-0.15, -0.1) is 24.0 Å². The molecule has 0 saturated carbocycles. The monoisotopic (exact) mass is 445 g/mol. The average molecular weight is 446 g/mol. The smallest absolute Gasteiger partial charge is 0.191 e. The lowest BCUT2D eigenvalue weighted by Crippen LogP contribution is -2.37. The van der Waals surface area contributed by atoms with Crippen LogP contribution in [0.25, 0.3) is 0 Å². The van der Waals surface area contributed by atoms with Gasteiger partial charge in [-0.05, 0) is 24.1 Å². The van der Waals surface area contributed by atoms with Crippen LogP contribution >= 0.6 is 35.6 Å². The highest BCUT2D eigenvalue weighted by molar-refractivity contribution is 14.0. The van der Waals surface area contributed by atoms with E-state index in [1.165, 1.54) is 6.26 Å². The number of sulfone groups is 1. The molecular formula is C13H21ClIN3O2S. The minimum Gasteiger partial charge on any atom is -0.356 e. The number of nitrogens with one attached hydrogen (secondary N) is 2. The van der Waals surface area contributed by atoms with Crippen molar-refractivity contribution in [2.45, 2.75) is 13.0 Å². The third kappa shape index (κ3) is 9.92. The molecule has 120 valence electrons. The quantitative estimate of drug-likeness (QED) is 0.304. The summed E-state index contributed by atoms with van der Waals surface area (Å²) in [5, 5.41) is 6.90. The van der Waals surface area contributed by atoms with E-state index < -0.39 is 9.84 Å². The van der Waals surface area contributed by atoms with Crippen LogP contribution in [0, 0.1) is 0 Å². The summed E-state index contributed by atoms with van der Waals surface area (Å²) in [5.74, 6) is 0.809. The predicted octanol–water partition coefficient (Wildman–Crippen LogP) is 2.06. The first-order valence-electron chi connectivity index (χ1n) is 6.27. The number of halogens is 2. The van der Waals surface area contributed by atoms with Crippen LogP contribution in [-0.2, 0) is 16.4 Å². The summed E-state index contributed by atoms with van der Waals surface area (Å²) < 4.78 is 22.0. The summed E-state index contributed by atoms with van der Waals surface area (Å²) in [6.45, 7) is 1.16. The van der Waals surface area contributed by atoms with Crippen molar-refractivity contribution in [3.05, 3.63) is 34.9 Å². The van der Waals surface area contributed by atoms with E-state index in [0.717, 1.165) is 5.56 Å². The maximum Gasteiger partial charge on any atom is 0.191 e. The van der Waals surface area contributed by atoms with Crippen molar-refractivity contribution >= 4 is 51.4 Å². The van der Waals surface area contributed by atoms with Crippen molar-refractivity contribution in [1.82, 2.24) is 10.6 Å². The predicted molar refractivity (Wildman–Crippen MR) is 99.4 cm³/mol. The van der Waals surface area contributed by atoms with Gasteiger partial charge in [-0.1, -0.05) is 23.7 Å². The van der Waals surface area contributed by atoms with Crippen molar-refractivity contribution in [2.75, 3.05) is 25.6 Å². The Labute approximate surface area is 148 Å². The van der Waals surface area contributed by atoms with Crippen molar-refractivity contribution in [3.8, 4) is 0 Å². The molecule has 0 saturated heterocycles. The van der Waals surface area contributed by atoms with Gasteiger partial charge in [0.05, 0.1) is 5.75 Å². The minimum atomic E-state index is -2.90. The molecule has 2 N–H and O–H groups in total. The molecule has 0 radical (unpaired) electrons. The van der Waals surface area contributed by atoms with Crippen molar-refractivity contribution in [2.24, 2.45) is 4.99 Å². The second-order valence-corrected chi connectivity index (χ2v) is 7.16. The lowest BCUT2D eigenvalue weighted by molar-refractivity contribution is 0.598. The highest BCUT2D eigenvalue weighted by Crippen LogP contribution is 2.10. The molecule has 8 heteroatoms. The fourth-order valence-electron chi connectivity index (χ4n) is 1.59. The van der Waals surface area contributed by atoms with E-state index in [-0.39, 0.29) is 29.7 Å². The van der Waals surface area contributed by atoms with Gasteiger partial charge in [0.1, 0.15) is 9.84 Å². The zero-order valence-corrected chi connectivity index (χ0v) is 16.0. The highest BCUT2D eigenvalue weighted by atomic mass is 127. The van der Waals surface area contributed by atoms with E-state index in [9.17, 15) is 8.42 Å². The molecule has 0 unspecified atom stereocenters. The average Bonchev–Trinajstić information content (AvgIpc) is 2.37. The highest BCUT2D eigenvalue weighted by Gasteiger charge is 2.02. The molecule has 0 aliphatic carbocycles. The van der Waals surface area contributed by atoms with Gasteiger partial charge < -0.3 is 10.6 Å². The third-order valence-corrected chi connectivity index (χ3v) is 3.82. The van der Waals surface area contributed by atoms with Crippen LogP contribution in [0.3, 0.4) is 0 Å². The fourth-order valence-corrected chi connectivity index (χ4v) is 2.48. The van der Waals surface area contributed by atoms with E-state index >= 15 is 0 Å². The van der Waals surface area contributed by atoms with E-state index in [2.05, 4.69) is 15.6 Å². The second kappa shape index (κ2) is 10.2. The summed E-state index contributed by atoms with van der Waals surface area (Å²) >= 11 is 5.91. The summed E-state index contributed by atoms with van der Waals surface area (Å²) in [6.07, 6.45) is 1.79. The molecule has 0 aliphatic rings. The summed E-state index contributed by atoms with van der Waals surface area (Å²) in [4.78, 5) is 4.07. The Bertz CT molecular complexity index is 564. The topological polar surface area (TPSA) is 70.6 Å². The fraction of sp³-hybridized carbons (Fsp3) is 0.462. The zero-order chi connectivity index (χ0) is 15.0.